The van der Waals surface area contributed by atoms with Crippen LogP contribution in [0.25, 0.3) is 0 Å². The zero-order chi connectivity index (χ0) is 16.0. The quantitative estimate of drug-likeness (QED) is 0.590. The smallest absolute Gasteiger partial charge is 0.313 e. The third-order valence-corrected chi connectivity index (χ3v) is 3.29. The van der Waals surface area contributed by atoms with Crippen LogP contribution in [0.1, 0.15) is 20.8 Å². The van der Waals surface area contributed by atoms with Gasteiger partial charge in [-0.3, -0.25) is 10.1 Å². The van der Waals surface area contributed by atoms with E-state index in [1.54, 1.807) is 0 Å². The molecule has 0 saturated heterocycles. The highest BCUT2D eigenvalue weighted by molar-refractivity contribution is 5.59. The molecule has 0 spiro atoms. The van der Waals surface area contributed by atoms with Crippen LogP contribution in [0.3, 0.4) is 0 Å². The number of hydrogen-bond donors (Lipinski definition) is 1. The Balaban J connectivity index is 2.91. The molecule has 0 saturated carbocycles. The van der Waals surface area contributed by atoms with Gasteiger partial charge >= 0.3 is 5.69 Å². The molecule has 0 fully saturated rings. The van der Waals surface area contributed by atoms with Crippen molar-refractivity contribution in [2.24, 2.45) is 0 Å². The fourth-order valence-corrected chi connectivity index (χ4v) is 2.14. The number of ether oxygens (including phenoxy) is 1. The van der Waals surface area contributed by atoms with Crippen LogP contribution in [0.2, 0.25) is 0 Å². The third kappa shape index (κ3) is 4.56. The van der Waals surface area contributed by atoms with Crippen molar-refractivity contribution in [1.82, 2.24) is 4.90 Å². The molecular formula is C14H22FN3O3. The van der Waals surface area contributed by atoms with Gasteiger partial charge in [0.05, 0.1) is 23.8 Å². The maximum absolute atomic E-state index is 14.0. The van der Waals surface area contributed by atoms with Crippen LogP contribution in [-0.2, 0) is 0 Å². The Morgan fingerprint density at radius 3 is 2.52 bits per heavy atom. The lowest BCUT2D eigenvalue weighted by Crippen LogP contribution is -2.34. The van der Waals surface area contributed by atoms with E-state index in [0.29, 0.717) is 0 Å². The first-order valence-electron chi connectivity index (χ1n) is 6.93. The van der Waals surface area contributed by atoms with E-state index in [9.17, 15) is 14.5 Å². The van der Waals surface area contributed by atoms with Crippen molar-refractivity contribution in [2.75, 3.05) is 32.1 Å². The molecule has 0 aromatic heterocycles. The molecule has 0 radical (unpaired) electrons. The summed E-state index contributed by atoms with van der Waals surface area (Å²) in [6.45, 7) is 8.64. The molecule has 0 aliphatic rings. The Labute approximate surface area is 124 Å². The number of benzene rings is 1. The Bertz CT molecular complexity index is 493. The van der Waals surface area contributed by atoms with Gasteiger partial charge in [0, 0.05) is 18.7 Å². The number of methoxy groups -OCH3 is 1. The lowest BCUT2D eigenvalue weighted by molar-refractivity contribution is -0.385. The van der Waals surface area contributed by atoms with Crippen molar-refractivity contribution in [1.29, 1.82) is 0 Å². The van der Waals surface area contributed by atoms with E-state index in [0.717, 1.165) is 25.7 Å². The van der Waals surface area contributed by atoms with Crippen LogP contribution >= 0.6 is 0 Å². The number of rotatable bonds is 8. The van der Waals surface area contributed by atoms with Gasteiger partial charge in [-0.25, -0.2) is 4.39 Å². The highest BCUT2D eigenvalue weighted by atomic mass is 19.1. The van der Waals surface area contributed by atoms with Crippen LogP contribution in [0.15, 0.2) is 12.1 Å². The molecule has 118 valence electrons. The van der Waals surface area contributed by atoms with Crippen molar-refractivity contribution in [3.8, 4) is 5.75 Å². The number of nitrogens with zero attached hydrogens (tertiary/aromatic N) is 2. The van der Waals surface area contributed by atoms with Crippen molar-refractivity contribution in [2.45, 2.75) is 26.8 Å². The van der Waals surface area contributed by atoms with Gasteiger partial charge in [-0.2, -0.15) is 0 Å². The van der Waals surface area contributed by atoms with Gasteiger partial charge in [0.25, 0.3) is 0 Å². The summed E-state index contributed by atoms with van der Waals surface area (Å²) >= 11 is 0. The highest BCUT2D eigenvalue weighted by Crippen LogP contribution is 2.32. The summed E-state index contributed by atoms with van der Waals surface area (Å²) in [5.41, 5.74) is -0.172. The van der Waals surface area contributed by atoms with Crippen LogP contribution in [-0.4, -0.2) is 42.6 Å². The van der Waals surface area contributed by atoms with E-state index in [2.05, 4.69) is 24.1 Å². The molecule has 0 bridgehead atoms. The van der Waals surface area contributed by atoms with Crippen molar-refractivity contribution < 1.29 is 14.1 Å². The van der Waals surface area contributed by atoms with E-state index in [1.165, 1.54) is 13.2 Å². The average molecular weight is 299 g/mol. The molecule has 1 rings (SSSR count). The highest BCUT2D eigenvalue weighted by Gasteiger charge is 2.20. The minimum Gasteiger partial charge on any atom is -0.490 e. The Kier molecular flexibility index (Phi) is 6.36. The first-order chi connectivity index (χ1) is 9.92. The number of halogens is 1. The SMILES string of the molecule is CCN(CC)CC(C)Nc1cc(OC)c([N+](=O)[O-])cc1F. The van der Waals surface area contributed by atoms with Gasteiger partial charge in [0.1, 0.15) is 0 Å². The van der Waals surface area contributed by atoms with Crippen LogP contribution in [0.5, 0.6) is 5.75 Å². The standard InChI is InChI=1S/C14H22FN3O3/c1-5-17(6-2)9-10(3)16-12-8-14(21-4)13(18(19)20)7-11(12)15/h7-8,10,16H,5-6,9H2,1-4H3. The van der Waals surface area contributed by atoms with Crippen molar-refractivity contribution in [3.05, 3.63) is 28.1 Å². The largest absolute Gasteiger partial charge is 0.490 e. The summed E-state index contributed by atoms with van der Waals surface area (Å²) in [6, 6.07) is 2.21. The van der Waals surface area contributed by atoms with Gasteiger partial charge in [-0.15, -0.1) is 0 Å². The zero-order valence-electron chi connectivity index (χ0n) is 12.9. The molecule has 1 atom stereocenters. The number of nitro benzene ring substituents is 1. The Morgan fingerprint density at radius 2 is 2.05 bits per heavy atom. The predicted octanol–water partition coefficient (Wildman–Crippen LogP) is 2.88. The van der Waals surface area contributed by atoms with Crippen molar-refractivity contribution >= 4 is 11.4 Å². The number of nitro groups is 1. The van der Waals surface area contributed by atoms with Gasteiger partial charge in [-0.05, 0) is 20.0 Å². The zero-order valence-corrected chi connectivity index (χ0v) is 12.9. The van der Waals surface area contributed by atoms with Gasteiger partial charge in [-0.1, -0.05) is 13.8 Å². The van der Waals surface area contributed by atoms with Gasteiger partial charge in [0.2, 0.25) is 0 Å². The fourth-order valence-electron chi connectivity index (χ4n) is 2.14. The maximum atomic E-state index is 14.0. The number of likely N-dealkylation sites (N-methyl/N-ethyl adjacent to an activating group) is 1. The second-order valence-corrected chi connectivity index (χ2v) is 4.79. The van der Waals surface area contributed by atoms with E-state index in [4.69, 9.17) is 4.74 Å². The summed E-state index contributed by atoms with van der Waals surface area (Å²) in [5, 5.41) is 13.9. The first kappa shape index (κ1) is 17.2. The van der Waals surface area contributed by atoms with Crippen molar-refractivity contribution in [3.63, 3.8) is 0 Å². The molecule has 21 heavy (non-hydrogen) atoms. The lowest BCUT2D eigenvalue weighted by Gasteiger charge is -2.24. The minimum atomic E-state index is -0.662. The molecular weight excluding hydrogens is 277 g/mol. The number of anilines is 1. The molecule has 0 amide bonds. The second kappa shape index (κ2) is 7.78. The van der Waals surface area contributed by atoms with E-state index < -0.39 is 10.7 Å². The van der Waals surface area contributed by atoms with Gasteiger partial charge < -0.3 is 15.0 Å². The average Bonchev–Trinajstić information content (AvgIpc) is 2.46. The molecule has 1 N–H and O–H groups in total. The molecule has 0 heterocycles. The predicted molar refractivity (Wildman–Crippen MR) is 80.5 cm³/mol. The number of nitrogens with one attached hydrogen (secondary N) is 1. The summed E-state index contributed by atoms with van der Waals surface area (Å²) in [5.74, 6) is -0.618. The number of hydrogen-bond acceptors (Lipinski definition) is 5. The summed E-state index contributed by atoms with van der Waals surface area (Å²) in [7, 11) is 1.32. The van der Waals surface area contributed by atoms with E-state index in [-0.39, 0.29) is 23.2 Å². The molecule has 1 aromatic rings. The minimum absolute atomic E-state index is 0.00515. The fraction of sp³-hybridized carbons (Fsp3) is 0.571. The topological polar surface area (TPSA) is 67.6 Å². The molecule has 6 nitrogen and oxygen atoms in total. The van der Waals surface area contributed by atoms with Crippen LogP contribution < -0.4 is 10.1 Å². The summed E-state index contributed by atoms with van der Waals surface area (Å²) in [4.78, 5) is 12.4. The third-order valence-electron chi connectivity index (χ3n) is 3.29. The molecule has 0 aliphatic carbocycles. The van der Waals surface area contributed by atoms with E-state index in [1.807, 2.05) is 6.92 Å². The lowest BCUT2D eigenvalue weighted by atomic mass is 10.2. The van der Waals surface area contributed by atoms with Gasteiger partial charge in [0.15, 0.2) is 11.6 Å². The molecule has 1 aromatic carbocycles. The monoisotopic (exact) mass is 299 g/mol. The maximum Gasteiger partial charge on any atom is 0.313 e. The normalized spacial score (nSPS) is 12.3. The van der Waals surface area contributed by atoms with Crippen LogP contribution in [0.4, 0.5) is 15.8 Å². The molecule has 1 unspecified atom stereocenters. The van der Waals surface area contributed by atoms with Crippen LogP contribution in [0, 0.1) is 15.9 Å². The Hall–Kier alpha value is -1.89. The second-order valence-electron chi connectivity index (χ2n) is 4.79. The molecule has 0 aliphatic heterocycles. The van der Waals surface area contributed by atoms with E-state index >= 15 is 0 Å². The first-order valence-corrected chi connectivity index (χ1v) is 6.93. The molecule has 7 heteroatoms. The summed E-state index contributed by atoms with van der Waals surface area (Å²) < 4.78 is 18.9. The summed E-state index contributed by atoms with van der Waals surface area (Å²) in [6.07, 6.45) is 0. The Morgan fingerprint density at radius 1 is 1.43 bits per heavy atom.